The minimum Gasteiger partial charge on any atom is -0.475 e. The van der Waals surface area contributed by atoms with Gasteiger partial charge in [0.25, 0.3) is 0 Å². The third-order valence-corrected chi connectivity index (χ3v) is 2.75. The van der Waals surface area contributed by atoms with E-state index in [9.17, 15) is 9.18 Å². The zero-order chi connectivity index (χ0) is 13.8. The summed E-state index contributed by atoms with van der Waals surface area (Å²) in [7, 11) is 1.86. The molecule has 1 aromatic heterocycles. The van der Waals surface area contributed by atoms with Crippen molar-refractivity contribution in [1.29, 1.82) is 0 Å². The van der Waals surface area contributed by atoms with Crippen LogP contribution in [0.25, 0.3) is 0 Å². The van der Waals surface area contributed by atoms with Crippen LogP contribution >= 0.6 is 0 Å². The minimum atomic E-state index is -1.07. The molecule has 1 aromatic carbocycles. The van der Waals surface area contributed by atoms with Gasteiger partial charge in [-0.3, -0.25) is 4.90 Å². The summed E-state index contributed by atoms with van der Waals surface area (Å²) in [6, 6.07) is 7.87. The summed E-state index contributed by atoms with van der Waals surface area (Å²) in [6.07, 6.45) is 1.37. The van der Waals surface area contributed by atoms with E-state index in [1.807, 2.05) is 11.9 Å². The Morgan fingerprint density at radius 1 is 1.26 bits per heavy atom. The van der Waals surface area contributed by atoms with Gasteiger partial charge in [0, 0.05) is 18.7 Å². The van der Waals surface area contributed by atoms with E-state index >= 15 is 0 Å². The fourth-order valence-corrected chi connectivity index (χ4v) is 1.90. The molecule has 0 spiro atoms. The van der Waals surface area contributed by atoms with Crippen LogP contribution in [-0.2, 0) is 13.1 Å². The maximum Gasteiger partial charge on any atom is 0.372 e. The Balaban J connectivity index is 2.01. The molecule has 0 radical (unpaired) electrons. The highest BCUT2D eigenvalue weighted by molar-refractivity contribution is 5.86. The van der Waals surface area contributed by atoms with E-state index in [2.05, 4.69) is 0 Å². The highest BCUT2D eigenvalue weighted by Gasteiger charge is 2.15. The first kappa shape index (κ1) is 13.3. The van der Waals surface area contributed by atoms with Crippen molar-refractivity contribution >= 4 is 5.97 Å². The lowest BCUT2D eigenvalue weighted by molar-refractivity contribution is 0.0659. The Labute approximate surface area is 110 Å². The fraction of sp³-hybridized carbons (Fsp3) is 0.214. The first-order chi connectivity index (χ1) is 9.06. The molecule has 0 saturated heterocycles. The van der Waals surface area contributed by atoms with Gasteiger partial charge in [0.15, 0.2) is 0 Å². The summed E-state index contributed by atoms with van der Waals surface area (Å²) in [5.74, 6) is -1.38. The number of hydrogen-bond donors (Lipinski definition) is 1. The summed E-state index contributed by atoms with van der Waals surface area (Å²) >= 11 is 0. The van der Waals surface area contributed by atoms with Crippen molar-refractivity contribution in [2.45, 2.75) is 13.1 Å². The minimum absolute atomic E-state index is 0.0362. The number of carbonyl (C=O) groups is 1. The number of furan rings is 1. The molecule has 1 heterocycles. The second kappa shape index (κ2) is 5.67. The quantitative estimate of drug-likeness (QED) is 0.901. The van der Waals surface area contributed by atoms with Crippen LogP contribution in [0.15, 0.2) is 41.0 Å². The highest BCUT2D eigenvalue weighted by atomic mass is 19.1. The molecule has 0 saturated carbocycles. The number of rotatable bonds is 5. The predicted molar refractivity (Wildman–Crippen MR) is 67.2 cm³/mol. The summed E-state index contributed by atoms with van der Waals surface area (Å²) in [6.45, 7) is 1.06. The van der Waals surface area contributed by atoms with Gasteiger partial charge < -0.3 is 9.52 Å². The molecule has 0 aliphatic carbocycles. The number of halogens is 1. The molecule has 0 bridgehead atoms. The zero-order valence-corrected chi connectivity index (χ0v) is 10.5. The predicted octanol–water partition coefficient (Wildman–Crippen LogP) is 2.75. The molecule has 0 aliphatic heterocycles. The van der Waals surface area contributed by atoms with E-state index in [4.69, 9.17) is 9.52 Å². The van der Waals surface area contributed by atoms with Gasteiger partial charge in [0.2, 0.25) is 5.76 Å². The third kappa shape index (κ3) is 3.42. The number of aromatic carboxylic acids is 1. The SMILES string of the molecule is CN(Cc1ccc(F)cc1)Cc1ccoc1C(=O)O. The number of carboxylic acids is 1. The van der Waals surface area contributed by atoms with Crippen LogP contribution < -0.4 is 0 Å². The van der Waals surface area contributed by atoms with Crippen molar-refractivity contribution < 1.29 is 18.7 Å². The van der Waals surface area contributed by atoms with E-state index in [0.29, 0.717) is 18.7 Å². The van der Waals surface area contributed by atoms with Gasteiger partial charge in [-0.2, -0.15) is 0 Å². The first-order valence-corrected chi connectivity index (χ1v) is 5.79. The third-order valence-electron chi connectivity index (χ3n) is 2.75. The topological polar surface area (TPSA) is 53.7 Å². The van der Waals surface area contributed by atoms with Crippen LogP contribution in [-0.4, -0.2) is 23.0 Å². The van der Waals surface area contributed by atoms with Gasteiger partial charge in [-0.15, -0.1) is 0 Å². The Bertz CT molecular complexity index is 562. The van der Waals surface area contributed by atoms with Crippen LogP contribution in [0.2, 0.25) is 0 Å². The number of benzene rings is 1. The van der Waals surface area contributed by atoms with Crippen molar-refractivity contribution in [3.05, 3.63) is 59.3 Å². The lowest BCUT2D eigenvalue weighted by Crippen LogP contribution is -2.18. The number of carboxylic acid groups (broad SMARTS) is 1. The van der Waals surface area contributed by atoms with E-state index in [-0.39, 0.29) is 11.6 Å². The maximum absolute atomic E-state index is 12.8. The second-order valence-electron chi connectivity index (χ2n) is 4.38. The van der Waals surface area contributed by atoms with Gasteiger partial charge in [0.1, 0.15) is 5.82 Å². The Kier molecular flexibility index (Phi) is 3.97. The summed E-state index contributed by atoms with van der Waals surface area (Å²) in [4.78, 5) is 12.8. The summed E-state index contributed by atoms with van der Waals surface area (Å²) in [5, 5.41) is 8.93. The van der Waals surface area contributed by atoms with E-state index in [1.54, 1.807) is 18.2 Å². The summed E-state index contributed by atoms with van der Waals surface area (Å²) < 4.78 is 17.7. The highest BCUT2D eigenvalue weighted by Crippen LogP contribution is 2.14. The summed E-state index contributed by atoms with van der Waals surface area (Å²) in [5.41, 5.74) is 1.58. The molecule has 0 unspecified atom stereocenters. The van der Waals surface area contributed by atoms with Crippen molar-refractivity contribution in [2.24, 2.45) is 0 Å². The maximum atomic E-state index is 12.8. The first-order valence-electron chi connectivity index (χ1n) is 5.79. The molecule has 0 fully saturated rings. The fourth-order valence-electron chi connectivity index (χ4n) is 1.90. The van der Waals surface area contributed by atoms with E-state index in [0.717, 1.165) is 5.56 Å². The molecule has 2 aromatic rings. The van der Waals surface area contributed by atoms with Crippen molar-refractivity contribution in [1.82, 2.24) is 4.90 Å². The standard InChI is InChI=1S/C14H14FNO3/c1-16(8-10-2-4-12(15)5-3-10)9-11-6-7-19-13(11)14(17)18/h2-7H,8-9H2,1H3,(H,17,18). The van der Waals surface area contributed by atoms with Crippen LogP contribution in [0.1, 0.15) is 21.7 Å². The molecule has 1 N–H and O–H groups in total. The average molecular weight is 263 g/mol. The lowest BCUT2D eigenvalue weighted by Gasteiger charge is -2.16. The molecule has 2 rings (SSSR count). The smallest absolute Gasteiger partial charge is 0.372 e. The van der Waals surface area contributed by atoms with Crippen molar-refractivity contribution in [3.63, 3.8) is 0 Å². The average Bonchev–Trinajstić information content (AvgIpc) is 2.80. The molecule has 4 nitrogen and oxygen atoms in total. The molecular weight excluding hydrogens is 249 g/mol. The Morgan fingerprint density at radius 2 is 1.95 bits per heavy atom. The molecule has 0 atom stereocenters. The van der Waals surface area contributed by atoms with Crippen LogP contribution in [0.3, 0.4) is 0 Å². The van der Waals surface area contributed by atoms with Crippen LogP contribution in [0.4, 0.5) is 4.39 Å². The molecule has 0 amide bonds. The van der Waals surface area contributed by atoms with E-state index < -0.39 is 5.97 Å². The van der Waals surface area contributed by atoms with Gasteiger partial charge in [-0.25, -0.2) is 9.18 Å². The zero-order valence-electron chi connectivity index (χ0n) is 10.5. The number of nitrogens with zero attached hydrogens (tertiary/aromatic N) is 1. The normalized spacial score (nSPS) is 10.9. The van der Waals surface area contributed by atoms with Gasteiger partial charge in [-0.05, 0) is 30.8 Å². The van der Waals surface area contributed by atoms with Crippen LogP contribution in [0.5, 0.6) is 0 Å². The van der Waals surface area contributed by atoms with Crippen molar-refractivity contribution in [2.75, 3.05) is 7.05 Å². The molecule has 5 heteroatoms. The van der Waals surface area contributed by atoms with E-state index in [1.165, 1.54) is 18.4 Å². The number of hydrogen-bond acceptors (Lipinski definition) is 3. The Morgan fingerprint density at radius 3 is 2.58 bits per heavy atom. The second-order valence-corrected chi connectivity index (χ2v) is 4.38. The van der Waals surface area contributed by atoms with Crippen molar-refractivity contribution in [3.8, 4) is 0 Å². The van der Waals surface area contributed by atoms with Gasteiger partial charge >= 0.3 is 5.97 Å². The monoisotopic (exact) mass is 263 g/mol. The van der Waals surface area contributed by atoms with Gasteiger partial charge in [-0.1, -0.05) is 12.1 Å². The molecule has 19 heavy (non-hydrogen) atoms. The van der Waals surface area contributed by atoms with Crippen LogP contribution in [0, 0.1) is 5.82 Å². The Hall–Kier alpha value is -2.14. The molecular formula is C14H14FNO3. The molecule has 0 aliphatic rings. The lowest BCUT2D eigenvalue weighted by atomic mass is 10.2. The van der Waals surface area contributed by atoms with Gasteiger partial charge in [0.05, 0.1) is 6.26 Å². The molecule has 100 valence electrons. The largest absolute Gasteiger partial charge is 0.475 e.